The highest BCUT2D eigenvalue weighted by Gasteiger charge is 2.26. The van der Waals surface area contributed by atoms with Crippen molar-refractivity contribution in [3.8, 4) is 5.75 Å². The van der Waals surface area contributed by atoms with Crippen LogP contribution in [0.5, 0.6) is 5.75 Å². The summed E-state index contributed by atoms with van der Waals surface area (Å²) in [6.45, 7) is 3.89. The van der Waals surface area contributed by atoms with E-state index < -0.39 is 0 Å². The molecular weight excluding hydrogens is 218 g/mol. The molecule has 5 nitrogen and oxygen atoms in total. The summed E-state index contributed by atoms with van der Waals surface area (Å²) >= 11 is 0. The fraction of sp³-hybridized carbons (Fsp3) is 0.667. The van der Waals surface area contributed by atoms with Gasteiger partial charge in [-0.05, 0) is 12.8 Å². The standard InChI is InChI=1S/C12H19N3O2/c1-3-11-9(4-5-17-11)6-13-12-14-7-10(16-2)8-15-12/h7-9,11H,3-6H2,1-2H3,(H,13,14,15). The van der Waals surface area contributed by atoms with Gasteiger partial charge in [0.05, 0.1) is 25.6 Å². The second-order valence-electron chi connectivity index (χ2n) is 4.19. The number of ether oxygens (including phenoxy) is 2. The number of hydrogen-bond donors (Lipinski definition) is 1. The number of hydrogen-bond acceptors (Lipinski definition) is 5. The van der Waals surface area contributed by atoms with E-state index in [4.69, 9.17) is 9.47 Å². The quantitative estimate of drug-likeness (QED) is 0.845. The largest absolute Gasteiger partial charge is 0.494 e. The molecule has 1 saturated heterocycles. The molecule has 0 radical (unpaired) electrons. The van der Waals surface area contributed by atoms with Gasteiger partial charge in [-0.15, -0.1) is 0 Å². The first kappa shape index (κ1) is 12.1. The van der Waals surface area contributed by atoms with Crippen LogP contribution in [0.15, 0.2) is 12.4 Å². The third-order valence-electron chi connectivity index (χ3n) is 3.13. The summed E-state index contributed by atoms with van der Waals surface area (Å²) in [5, 5.41) is 3.24. The SMILES string of the molecule is CCC1OCCC1CNc1ncc(OC)cn1. The summed E-state index contributed by atoms with van der Waals surface area (Å²) in [7, 11) is 1.60. The molecule has 0 bridgehead atoms. The molecule has 2 heterocycles. The highest BCUT2D eigenvalue weighted by Crippen LogP contribution is 2.23. The lowest BCUT2D eigenvalue weighted by atomic mass is 10.00. The van der Waals surface area contributed by atoms with Crippen molar-refractivity contribution in [2.24, 2.45) is 5.92 Å². The van der Waals surface area contributed by atoms with Gasteiger partial charge in [0, 0.05) is 19.1 Å². The Labute approximate surface area is 102 Å². The van der Waals surface area contributed by atoms with Gasteiger partial charge in [-0.3, -0.25) is 0 Å². The molecule has 1 N–H and O–H groups in total. The molecule has 94 valence electrons. The van der Waals surface area contributed by atoms with Gasteiger partial charge in [0.15, 0.2) is 5.75 Å². The van der Waals surface area contributed by atoms with Crippen LogP contribution in [0.4, 0.5) is 5.95 Å². The van der Waals surface area contributed by atoms with E-state index in [1.807, 2.05) is 0 Å². The minimum absolute atomic E-state index is 0.376. The van der Waals surface area contributed by atoms with Crippen molar-refractivity contribution in [2.45, 2.75) is 25.9 Å². The minimum Gasteiger partial charge on any atom is -0.494 e. The molecule has 1 aromatic heterocycles. The Morgan fingerprint density at radius 1 is 1.47 bits per heavy atom. The number of aromatic nitrogens is 2. The Morgan fingerprint density at radius 2 is 2.24 bits per heavy atom. The number of nitrogens with one attached hydrogen (secondary N) is 1. The Morgan fingerprint density at radius 3 is 2.88 bits per heavy atom. The summed E-state index contributed by atoms with van der Waals surface area (Å²) in [6.07, 6.45) is 5.88. The van der Waals surface area contributed by atoms with Gasteiger partial charge in [0.25, 0.3) is 0 Å². The van der Waals surface area contributed by atoms with Crippen molar-refractivity contribution < 1.29 is 9.47 Å². The van der Waals surface area contributed by atoms with E-state index in [-0.39, 0.29) is 0 Å². The maximum atomic E-state index is 5.64. The van der Waals surface area contributed by atoms with Crippen LogP contribution in [0.2, 0.25) is 0 Å². The normalized spacial score (nSPS) is 23.6. The number of methoxy groups -OCH3 is 1. The van der Waals surface area contributed by atoms with E-state index in [0.29, 0.717) is 23.7 Å². The van der Waals surface area contributed by atoms with Gasteiger partial charge in [0.2, 0.25) is 5.95 Å². The molecule has 5 heteroatoms. The van der Waals surface area contributed by atoms with E-state index >= 15 is 0 Å². The summed E-state index contributed by atoms with van der Waals surface area (Å²) in [6, 6.07) is 0. The zero-order valence-electron chi connectivity index (χ0n) is 10.3. The van der Waals surface area contributed by atoms with Crippen LogP contribution < -0.4 is 10.1 Å². The van der Waals surface area contributed by atoms with Gasteiger partial charge in [-0.1, -0.05) is 6.92 Å². The predicted molar refractivity (Wildman–Crippen MR) is 65.2 cm³/mol. The summed E-state index contributed by atoms with van der Waals surface area (Å²) in [4.78, 5) is 8.35. The molecule has 1 fully saturated rings. The minimum atomic E-state index is 0.376. The number of rotatable bonds is 5. The van der Waals surface area contributed by atoms with Crippen molar-refractivity contribution in [1.29, 1.82) is 0 Å². The van der Waals surface area contributed by atoms with Crippen LogP contribution in [0.25, 0.3) is 0 Å². The Hall–Kier alpha value is -1.36. The lowest BCUT2D eigenvalue weighted by Crippen LogP contribution is -2.23. The summed E-state index contributed by atoms with van der Waals surface area (Å²) < 4.78 is 10.6. The van der Waals surface area contributed by atoms with E-state index in [2.05, 4.69) is 22.2 Å². The molecule has 0 amide bonds. The van der Waals surface area contributed by atoms with E-state index in [9.17, 15) is 0 Å². The molecule has 1 aliphatic rings. The average Bonchev–Trinajstić information content (AvgIpc) is 2.84. The van der Waals surface area contributed by atoms with Crippen LogP contribution in [-0.4, -0.2) is 36.3 Å². The molecular formula is C12H19N3O2. The van der Waals surface area contributed by atoms with E-state index in [0.717, 1.165) is 26.0 Å². The first-order chi connectivity index (χ1) is 8.33. The first-order valence-electron chi connectivity index (χ1n) is 6.05. The van der Waals surface area contributed by atoms with Gasteiger partial charge in [0.1, 0.15) is 0 Å². The third kappa shape index (κ3) is 3.06. The van der Waals surface area contributed by atoms with Crippen LogP contribution in [-0.2, 0) is 4.74 Å². The van der Waals surface area contributed by atoms with Crippen molar-refractivity contribution in [1.82, 2.24) is 9.97 Å². The molecule has 2 atom stereocenters. The Balaban J connectivity index is 1.84. The highest BCUT2D eigenvalue weighted by molar-refractivity contribution is 5.27. The van der Waals surface area contributed by atoms with Gasteiger partial charge in [-0.2, -0.15) is 0 Å². The zero-order valence-corrected chi connectivity index (χ0v) is 10.3. The van der Waals surface area contributed by atoms with Crippen molar-refractivity contribution >= 4 is 5.95 Å². The van der Waals surface area contributed by atoms with Crippen LogP contribution in [0.1, 0.15) is 19.8 Å². The molecule has 0 spiro atoms. The molecule has 2 rings (SSSR count). The molecule has 17 heavy (non-hydrogen) atoms. The van der Waals surface area contributed by atoms with E-state index in [1.54, 1.807) is 19.5 Å². The first-order valence-corrected chi connectivity index (χ1v) is 6.05. The van der Waals surface area contributed by atoms with Crippen molar-refractivity contribution in [3.05, 3.63) is 12.4 Å². The lowest BCUT2D eigenvalue weighted by Gasteiger charge is -2.17. The highest BCUT2D eigenvalue weighted by atomic mass is 16.5. The van der Waals surface area contributed by atoms with Gasteiger partial charge >= 0.3 is 0 Å². The van der Waals surface area contributed by atoms with Gasteiger partial charge in [-0.25, -0.2) is 9.97 Å². The number of nitrogens with zero attached hydrogens (tertiary/aromatic N) is 2. The average molecular weight is 237 g/mol. The second kappa shape index (κ2) is 5.82. The topological polar surface area (TPSA) is 56.3 Å². The number of anilines is 1. The fourth-order valence-corrected chi connectivity index (χ4v) is 2.11. The Bertz CT molecular complexity index is 342. The molecule has 1 aliphatic heterocycles. The third-order valence-corrected chi connectivity index (χ3v) is 3.13. The smallest absolute Gasteiger partial charge is 0.222 e. The maximum absolute atomic E-state index is 5.64. The molecule has 0 saturated carbocycles. The molecule has 1 aromatic rings. The monoisotopic (exact) mass is 237 g/mol. The van der Waals surface area contributed by atoms with Crippen molar-refractivity contribution in [3.63, 3.8) is 0 Å². The Kier molecular flexibility index (Phi) is 4.14. The van der Waals surface area contributed by atoms with Crippen molar-refractivity contribution in [2.75, 3.05) is 25.6 Å². The zero-order chi connectivity index (χ0) is 12.1. The predicted octanol–water partition coefficient (Wildman–Crippen LogP) is 1.71. The van der Waals surface area contributed by atoms with Crippen LogP contribution >= 0.6 is 0 Å². The molecule has 0 aliphatic carbocycles. The fourth-order valence-electron chi connectivity index (χ4n) is 2.11. The van der Waals surface area contributed by atoms with E-state index in [1.165, 1.54) is 0 Å². The molecule has 0 aromatic carbocycles. The van der Waals surface area contributed by atoms with Gasteiger partial charge < -0.3 is 14.8 Å². The lowest BCUT2D eigenvalue weighted by molar-refractivity contribution is 0.0900. The summed E-state index contributed by atoms with van der Waals surface area (Å²) in [5.41, 5.74) is 0. The molecule has 2 unspecified atom stereocenters. The second-order valence-corrected chi connectivity index (χ2v) is 4.19. The maximum Gasteiger partial charge on any atom is 0.222 e. The summed E-state index contributed by atoms with van der Waals surface area (Å²) in [5.74, 6) is 1.88. The van der Waals surface area contributed by atoms with Crippen LogP contribution in [0, 0.1) is 5.92 Å². The van der Waals surface area contributed by atoms with Crippen LogP contribution in [0.3, 0.4) is 0 Å².